The van der Waals surface area contributed by atoms with Gasteiger partial charge >= 0.3 is 11.9 Å². The van der Waals surface area contributed by atoms with Crippen molar-refractivity contribution in [1.82, 2.24) is 0 Å². The molecule has 0 aliphatic rings. The van der Waals surface area contributed by atoms with E-state index in [0.29, 0.717) is 11.1 Å². The van der Waals surface area contributed by atoms with Crippen LogP contribution in [0.25, 0.3) is 0 Å². The summed E-state index contributed by atoms with van der Waals surface area (Å²) in [5.74, 6) is -1.98. The molecule has 0 amide bonds. The van der Waals surface area contributed by atoms with Gasteiger partial charge in [0.25, 0.3) is 0 Å². The Kier molecular flexibility index (Phi) is 6.72. The fraction of sp³-hybridized carbons (Fsp3) is 0.125. The second-order valence-corrected chi connectivity index (χ2v) is 4.81. The van der Waals surface area contributed by atoms with Crippen LogP contribution >= 0.6 is 0 Å². The number of phenols is 2. The van der Waals surface area contributed by atoms with Gasteiger partial charge < -0.3 is 31.9 Å². The van der Waals surface area contributed by atoms with E-state index in [2.05, 4.69) is 0 Å². The molecule has 8 heteroatoms. The molecule has 1 unspecified atom stereocenters. The number of carboxylic acids is 2. The van der Waals surface area contributed by atoms with E-state index in [1.54, 1.807) is 0 Å². The number of hydrogen-bond donors (Lipinski definition) is 6. The Morgan fingerprint density at radius 2 is 0.917 bits per heavy atom. The lowest BCUT2D eigenvalue weighted by Gasteiger charge is -2.05. The highest BCUT2D eigenvalue weighted by Crippen LogP contribution is 2.15. The Bertz CT molecular complexity index is 623. The molecule has 2 atom stereocenters. The minimum Gasteiger partial charge on any atom is -0.508 e. The predicted molar refractivity (Wildman–Crippen MR) is 85.3 cm³/mol. The van der Waals surface area contributed by atoms with Crippen LogP contribution in [-0.2, 0) is 9.59 Å². The Morgan fingerprint density at radius 1 is 0.667 bits per heavy atom. The van der Waals surface area contributed by atoms with Crippen molar-refractivity contribution in [3.63, 3.8) is 0 Å². The van der Waals surface area contributed by atoms with Crippen molar-refractivity contribution in [2.75, 3.05) is 0 Å². The molecule has 24 heavy (non-hydrogen) atoms. The van der Waals surface area contributed by atoms with E-state index in [1.807, 2.05) is 0 Å². The number of nitrogens with two attached hydrogens (primary N) is 2. The third kappa shape index (κ3) is 5.59. The summed E-state index contributed by atoms with van der Waals surface area (Å²) in [6.07, 6.45) is 0. The molecule has 0 aliphatic carbocycles. The fourth-order valence-electron chi connectivity index (χ4n) is 1.65. The Hall–Kier alpha value is -3.10. The first-order valence-corrected chi connectivity index (χ1v) is 6.77. The number of benzene rings is 2. The van der Waals surface area contributed by atoms with Gasteiger partial charge in [-0.1, -0.05) is 24.3 Å². The standard InChI is InChI=1S/2C8H9NO3/c2*9-7(8(11)12)5-1-3-6(10)4-2-5/h2*1-4,7,10H,9H2,(H,11,12)/t7-;/m1./s1. The molecule has 0 heterocycles. The lowest BCUT2D eigenvalue weighted by atomic mass is 10.1. The summed E-state index contributed by atoms with van der Waals surface area (Å²) in [4.78, 5) is 20.8. The number of carbonyl (C=O) groups is 2. The van der Waals surface area contributed by atoms with Gasteiger partial charge in [0, 0.05) is 0 Å². The average Bonchev–Trinajstić information content (AvgIpc) is 2.55. The van der Waals surface area contributed by atoms with Gasteiger partial charge in [-0.3, -0.25) is 9.59 Å². The maximum Gasteiger partial charge on any atom is 0.325 e. The van der Waals surface area contributed by atoms with Gasteiger partial charge in [0.2, 0.25) is 0 Å². The normalized spacial score (nSPS) is 12.4. The molecule has 0 aliphatic heterocycles. The van der Waals surface area contributed by atoms with Crippen LogP contribution in [0.4, 0.5) is 0 Å². The predicted octanol–water partition coefficient (Wildman–Crippen LogP) is 0.953. The molecule has 0 fully saturated rings. The van der Waals surface area contributed by atoms with Gasteiger partial charge in [-0.15, -0.1) is 0 Å². The smallest absolute Gasteiger partial charge is 0.325 e. The summed E-state index contributed by atoms with van der Waals surface area (Å²) in [6, 6.07) is 9.48. The summed E-state index contributed by atoms with van der Waals surface area (Å²) in [7, 11) is 0. The maximum absolute atomic E-state index is 10.4. The van der Waals surface area contributed by atoms with E-state index in [0.717, 1.165) is 0 Å². The molecule has 8 N–H and O–H groups in total. The van der Waals surface area contributed by atoms with Crippen LogP contribution in [0.15, 0.2) is 48.5 Å². The molecule has 0 bridgehead atoms. The molecule has 2 aromatic rings. The van der Waals surface area contributed by atoms with Crippen LogP contribution in [0.3, 0.4) is 0 Å². The third-order valence-electron chi connectivity index (χ3n) is 3.04. The van der Waals surface area contributed by atoms with Gasteiger partial charge in [0.1, 0.15) is 23.6 Å². The van der Waals surface area contributed by atoms with Crippen LogP contribution in [0.5, 0.6) is 11.5 Å². The number of carboxylic acid groups (broad SMARTS) is 2. The SMILES string of the molecule is NC(C(=O)O)c1ccc(O)cc1.N[C@@H](C(=O)O)c1ccc(O)cc1. The average molecular weight is 334 g/mol. The molecule has 0 spiro atoms. The molecule has 8 nitrogen and oxygen atoms in total. The fourth-order valence-corrected chi connectivity index (χ4v) is 1.65. The topological polar surface area (TPSA) is 167 Å². The molecule has 0 radical (unpaired) electrons. The van der Waals surface area contributed by atoms with Gasteiger partial charge in [-0.2, -0.15) is 0 Å². The van der Waals surface area contributed by atoms with Gasteiger partial charge in [-0.05, 0) is 35.4 Å². The van der Waals surface area contributed by atoms with E-state index in [9.17, 15) is 9.59 Å². The minimum atomic E-state index is -1.08. The Labute approximate surface area is 137 Å². The highest BCUT2D eigenvalue weighted by molar-refractivity contribution is 5.75. The van der Waals surface area contributed by atoms with Crippen LogP contribution in [0.1, 0.15) is 23.2 Å². The first-order valence-electron chi connectivity index (χ1n) is 6.77. The number of aliphatic carboxylic acids is 2. The highest BCUT2D eigenvalue weighted by Gasteiger charge is 2.13. The van der Waals surface area contributed by atoms with Gasteiger partial charge in [0.15, 0.2) is 0 Å². The van der Waals surface area contributed by atoms with Gasteiger partial charge in [0.05, 0.1) is 0 Å². The zero-order valence-corrected chi connectivity index (χ0v) is 12.5. The second-order valence-electron chi connectivity index (χ2n) is 4.81. The summed E-state index contributed by atoms with van der Waals surface area (Å²) in [5, 5.41) is 34.8. The minimum absolute atomic E-state index is 0.0938. The van der Waals surface area contributed by atoms with E-state index in [-0.39, 0.29) is 11.5 Å². The Balaban J connectivity index is 0.000000240. The van der Waals surface area contributed by atoms with Crippen molar-refractivity contribution < 1.29 is 30.0 Å². The quantitative estimate of drug-likeness (QED) is 0.480. The van der Waals surface area contributed by atoms with Gasteiger partial charge in [-0.25, -0.2) is 0 Å². The van der Waals surface area contributed by atoms with Crippen molar-refractivity contribution in [1.29, 1.82) is 0 Å². The van der Waals surface area contributed by atoms with Crippen molar-refractivity contribution in [3.05, 3.63) is 59.7 Å². The molecule has 0 saturated heterocycles. The number of phenolic OH excluding ortho intramolecular Hbond substituents is 2. The second kappa shape index (κ2) is 8.51. The summed E-state index contributed by atoms with van der Waals surface area (Å²) >= 11 is 0. The molecule has 0 saturated carbocycles. The first-order chi connectivity index (χ1) is 11.2. The van der Waals surface area contributed by atoms with Crippen molar-refractivity contribution >= 4 is 11.9 Å². The summed E-state index contributed by atoms with van der Waals surface area (Å²) in [5.41, 5.74) is 11.6. The van der Waals surface area contributed by atoms with Crippen molar-refractivity contribution in [2.45, 2.75) is 12.1 Å². The van der Waals surface area contributed by atoms with Crippen LogP contribution in [0, 0.1) is 0 Å². The zero-order valence-electron chi connectivity index (χ0n) is 12.5. The molecular formula is C16H18N2O6. The third-order valence-corrected chi connectivity index (χ3v) is 3.04. The van der Waals surface area contributed by atoms with Crippen molar-refractivity contribution in [2.24, 2.45) is 11.5 Å². The largest absolute Gasteiger partial charge is 0.508 e. The molecule has 128 valence electrons. The molecule has 2 rings (SSSR count). The highest BCUT2D eigenvalue weighted by atomic mass is 16.4. The summed E-state index contributed by atoms with van der Waals surface area (Å²) < 4.78 is 0. The summed E-state index contributed by atoms with van der Waals surface area (Å²) in [6.45, 7) is 0. The van der Waals surface area contributed by atoms with E-state index < -0.39 is 24.0 Å². The van der Waals surface area contributed by atoms with Crippen LogP contribution in [0.2, 0.25) is 0 Å². The maximum atomic E-state index is 10.4. The number of aromatic hydroxyl groups is 2. The lowest BCUT2D eigenvalue weighted by Crippen LogP contribution is -2.20. The van der Waals surface area contributed by atoms with Crippen LogP contribution in [-0.4, -0.2) is 32.4 Å². The van der Waals surface area contributed by atoms with E-state index in [1.165, 1.54) is 48.5 Å². The molecule has 0 aromatic heterocycles. The Morgan fingerprint density at radius 3 is 1.12 bits per heavy atom. The lowest BCUT2D eigenvalue weighted by molar-refractivity contribution is -0.139. The first kappa shape index (κ1) is 18.9. The van der Waals surface area contributed by atoms with E-state index >= 15 is 0 Å². The molecular weight excluding hydrogens is 316 g/mol. The van der Waals surface area contributed by atoms with E-state index in [4.69, 9.17) is 31.9 Å². The van der Waals surface area contributed by atoms with Crippen molar-refractivity contribution in [3.8, 4) is 11.5 Å². The van der Waals surface area contributed by atoms with Crippen LogP contribution < -0.4 is 11.5 Å². The monoisotopic (exact) mass is 334 g/mol. The zero-order chi connectivity index (χ0) is 18.3. The number of rotatable bonds is 4. The number of hydrogen-bond acceptors (Lipinski definition) is 6. The molecule has 2 aromatic carbocycles.